The molecule has 3 nitrogen and oxygen atoms in total. The maximum absolute atomic E-state index is 13.5. The van der Waals surface area contributed by atoms with E-state index in [1.54, 1.807) is 40.1 Å². The number of thioether (sulfide) groups is 1. The van der Waals surface area contributed by atoms with Gasteiger partial charge in [0, 0.05) is 29.5 Å². The highest BCUT2D eigenvalue weighted by atomic mass is 32.2. The van der Waals surface area contributed by atoms with Crippen LogP contribution in [0.3, 0.4) is 0 Å². The van der Waals surface area contributed by atoms with Gasteiger partial charge in [-0.15, -0.1) is 11.3 Å². The molecule has 0 aliphatic heterocycles. The number of urea groups is 1. The van der Waals surface area contributed by atoms with Crippen molar-refractivity contribution in [2.75, 3.05) is 18.8 Å². The first kappa shape index (κ1) is 17.8. The van der Waals surface area contributed by atoms with E-state index >= 15 is 0 Å². The molecule has 0 bridgehead atoms. The lowest BCUT2D eigenvalue weighted by molar-refractivity contribution is 0.199. The highest BCUT2D eigenvalue weighted by molar-refractivity contribution is 7.98. The Morgan fingerprint density at radius 1 is 1.30 bits per heavy atom. The summed E-state index contributed by atoms with van der Waals surface area (Å²) in [6.45, 7) is 3.87. The zero-order valence-electron chi connectivity index (χ0n) is 13.1. The van der Waals surface area contributed by atoms with Crippen molar-refractivity contribution < 1.29 is 9.18 Å². The molecule has 0 unspecified atom stereocenters. The molecule has 1 N–H and O–H groups in total. The van der Waals surface area contributed by atoms with Crippen molar-refractivity contribution in [3.63, 3.8) is 0 Å². The molecular weight excluding hydrogens is 331 g/mol. The van der Waals surface area contributed by atoms with Crippen LogP contribution in [0.4, 0.5) is 9.18 Å². The molecule has 0 aliphatic carbocycles. The fraction of sp³-hybridized carbons (Fsp3) is 0.353. The molecule has 0 fully saturated rings. The standard InChI is InChI=1S/C17H21FN2OS2/c1-2-20(12-15-7-5-10-23-15)17(21)19-9-11-22-13-14-6-3-4-8-16(14)18/h3-8,10H,2,9,11-13H2,1H3,(H,19,21). The van der Waals surface area contributed by atoms with Crippen molar-refractivity contribution in [3.8, 4) is 0 Å². The van der Waals surface area contributed by atoms with Gasteiger partial charge in [0.25, 0.3) is 0 Å². The third-order valence-electron chi connectivity index (χ3n) is 3.33. The summed E-state index contributed by atoms with van der Waals surface area (Å²) in [6, 6.07) is 10.8. The summed E-state index contributed by atoms with van der Waals surface area (Å²) >= 11 is 3.27. The molecule has 124 valence electrons. The van der Waals surface area contributed by atoms with E-state index in [0.717, 1.165) is 5.75 Å². The van der Waals surface area contributed by atoms with Gasteiger partial charge in [-0.3, -0.25) is 0 Å². The number of carbonyl (C=O) groups excluding carboxylic acids is 1. The maximum atomic E-state index is 13.5. The third-order valence-corrected chi connectivity index (χ3v) is 5.20. The first-order valence-corrected chi connectivity index (χ1v) is 9.60. The van der Waals surface area contributed by atoms with E-state index < -0.39 is 0 Å². The number of thiophene rings is 1. The van der Waals surface area contributed by atoms with Crippen molar-refractivity contribution in [3.05, 3.63) is 58.0 Å². The minimum absolute atomic E-state index is 0.0487. The second-order valence-electron chi connectivity index (χ2n) is 4.97. The molecule has 0 atom stereocenters. The number of carbonyl (C=O) groups is 1. The summed E-state index contributed by atoms with van der Waals surface area (Å²) in [7, 11) is 0. The molecule has 2 rings (SSSR count). The Morgan fingerprint density at radius 2 is 2.13 bits per heavy atom. The van der Waals surface area contributed by atoms with Crippen molar-refractivity contribution in [1.29, 1.82) is 0 Å². The minimum Gasteiger partial charge on any atom is -0.337 e. The Balaban J connectivity index is 1.66. The van der Waals surface area contributed by atoms with Gasteiger partial charge in [0.05, 0.1) is 6.54 Å². The van der Waals surface area contributed by atoms with Crippen LogP contribution in [0.25, 0.3) is 0 Å². The molecule has 2 aromatic rings. The van der Waals surface area contributed by atoms with E-state index in [9.17, 15) is 9.18 Å². The maximum Gasteiger partial charge on any atom is 0.317 e. The average Bonchev–Trinajstić information content (AvgIpc) is 3.07. The lowest BCUT2D eigenvalue weighted by Gasteiger charge is -2.20. The minimum atomic E-state index is -0.169. The van der Waals surface area contributed by atoms with Gasteiger partial charge < -0.3 is 10.2 Å². The number of hydrogen-bond acceptors (Lipinski definition) is 3. The van der Waals surface area contributed by atoms with Crippen LogP contribution in [0.15, 0.2) is 41.8 Å². The summed E-state index contributed by atoms with van der Waals surface area (Å²) in [4.78, 5) is 15.1. The largest absolute Gasteiger partial charge is 0.337 e. The molecule has 1 aromatic carbocycles. The summed E-state index contributed by atoms with van der Waals surface area (Å²) in [5, 5.41) is 4.94. The predicted molar refractivity (Wildman–Crippen MR) is 96.4 cm³/mol. The molecule has 0 saturated carbocycles. The SMILES string of the molecule is CCN(Cc1cccs1)C(=O)NCCSCc1ccccc1F. The van der Waals surface area contributed by atoms with Crippen LogP contribution < -0.4 is 5.32 Å². The molecule has 1 heterocycles. The smallest absolute Gasteiger partial charge is 0.317 e. The van der Waals surface area contributed by atoms with Crippen LogP contribution in [0.1, 0.15) is 17.4 Å². The van der Waals surface area contributed by atoms with Crippen LogP contribution >= 0.6 is 23.1 Å². The predicted octanol–water partition coefficient (Wildman–Crippen LogP) is 4.35. The lowest BCUT2D eigenvalue weighted by Crippen LogP contribution is -2.40. The van der Waals surface area contributed by atoms with Crippen LogP contribution in [0.2, 0.25) is 0 Å². The number of nitrogens with zero attached hydrogens (tertiary/aromatic N) is 1. The summed E-state index contributed by atoms with van der Waals surface area (Å²) in [6.07, 6.45) is 0. The lowest BCUT2D eigenvalue weighted by atomic mass is 10.2. The Labute approximate surface area is 144 Å². The van der Waals surface area contributed by atoms with Gasteiger partial charge in [0.1, 0.15) is 5.82 Å². The quantitative estimate of drug-likeness (QED) is 0.716. The second kappa shape index (κ2) is 9.57. The number of nitrogens with one attached hydrogen (secondary N) is 1. The molecular formula is C17H21FN2OS2. The van der Waals surface area contributed by atoms with E-state index in [4.69, 9.17) is 0 Å². The summed E-state index contributed by atoms with van der Waals surface area (Å²) in [5.74, 6) is 1.21. The molecule has 2 amide bonds. The van der Waals surface area contributed by atoms with Crippen molar-refractivity contribution in [2.24, 2.45) is 0 Å². The summed E-state index contributed by atoms with van der Waals surface area (Å²) in [5.41, 5.74) is 0.705. The highest BCUT2D eigenvalue weighted by Gasteiger charge is 2.11. The highest BCUT2D eigenvalue weighted by Crippen LogP contribution is 2.15. The van der Waals surface area contributed by atoms with Gasteiger partial charge >= 0.3 is 6.03 Å². The van der Waals surface area contributed by atoms with Crippen LogP contribution in [-0.2, 0) is 12.3 Å². The van der Waals surface area contributed by atoms with E-state index in [1.807, 2.05) is 30.5 Å². The van der Waals surface area contributed by atoms with Crippen molar-refractivity contribution >= 4 is 29.1 Å². The molecule has 23 heavy (non-hydrogen) atoms. The van der Waals surface area contributed by atoms with Gasteiger partial charge in [0.2, 0.25) is 0 Å². The number of halogens is 1. The number of rotatable bonds is 8. The zero-order chi connectivity index (χ0) is 16.5. The van der Waals surface area contributed by atoms with Gasteiger partial charge in [-0.1, -0.05) is 24.3 Å². The Bertz CT molecular complexity index is 604. The van der Waals surface area contributed by atoms with Crippen molar-refractivity contribution in [1.82, 2.24) is 10.2 Å². The molecule has 0 spiro atoms. The van der Waals surface area contributed by atoms with Gasteiger partial charge in [-0.25, -0.2) is 9.18 Å². The first-order chi connectivity index (χ1) is 11.2. The fourth-order valence-electron chi connectivity index (χ4n) is 2.06. The molecule has 0 aliphatic rings. The van der Waals surface area contributed by atoms with Crippen LogP contribution in [-0.4, -0.2) is 29.8 Å². The normalized spacial score (nSPS) is 10.5. The van der Waals surface area contributed by atoms with Gasteiger partial charge in [-0.05, 0) is 30.0 Å². The van der Waals surface area contributed by atoms with E-state index in [0.29, 0.717) is 31.0 Å². The van der Waals surface area contributed by atoms with Crippen molar-refractivity contribution in [2.45, 2.75) is 19.2 Å². The zero-order valence-corrected chi connectivity index (χ0v) is 14.8. The Morgan fingerprint density at radius 3 is 2.83 bits per heavy atom. The first-order valence-electron chi connectivity index (χ1n) is 7.57. The molecule has 0 radical (unpaired) electrons. The number of hydrogen-bond donors (Lipinski definition) is 1. The fourth-order valence-corrected chi connectivity index (χ4v) is 3.62. The Hall–Kier alpha value is -1.53. The van der Waals surface area contributed by atoms with E-state index in [2.05, 4.69) is 5.32 Å². The average molecular weight is 352 g/mol. The summed E-state index contributed by atoms with van der Waals surface area (Å²) < 4.78 is 13.5. The van der Waals surface area contributed by atoms with Gasteiger partial charge in [-0.2, -0.15) is 11.8 Å². The van der Waals surface area contributed by atoms with Crippen LogP contribution in [0, 0.1) is 5.82 Å². The monoisotopic (exact) mass is 352 g/mol. The second-order valence-corrected chi connectivity index (χ2v) is 7.11. The van der Waals surface area contributed by atoms with E-state index in [1.165, 1.54) is 10.9 Å². The molecule has 0 saturated heterocycles. The molecule has 1 aromatic heterocycles. The van der Waals surface area contributed by atoms with Crippen LogP contribution in [0.5, 0.6) is 0 Å². The number of amides is 2. The molecule has 6 heteroatoms. The van der Waals surface area contributed by atoms with Gasteiger partial charge in [0.15, 0.2) is 0 Å². The Kier molecular flexibility index (Phi) is 7.42. The topological polar surface area (TPSA) is 32.3 Å². The third kappa shape index (κ3) is 5.88. The number of benzene rings is 1. The van der Waals surface area contributed by atoms with E-state index in [-0.39, 0.29) is 11.8 Å².